The monoisotopic (exact) mass is 928 g/mol. The number of nitrogens with zero attached hydrogens (tertiary/aromatic N) is 6. The Morgan fingerprint density at radius 2 is 1.84 bits per heavy atom. The Morgan fingerprint density at radius 3 is 2.62 bits per heavy atom. The molecule has 4 atom stereocenters. The summed E-state index contributed by atoms with van der Waals surface area (Å²) < 4.78 is 43.9. The molecule has 1 saturated heterocycles. The number of piperazine rings is 1. The highest BCUT2D eigenvalue weighted by atomic mass is 35.5. The highest BCUT2D eigenvalue weighted by Gasteiger charge is 2.40. The third-order valence-corrected chi connectivity index (χ3v) is 13.8. The number of carbonyl (C=O) groups is 1. The Kier molecular flexibility index (Phi) is 12.8. The third-order valence-electron chi connectivity index (χ3n) is 11.6. The molecular formula is C46H46Cl2N6O9S. The molecule has 5 aromatic rings. The van der Waals surface area contributed by atoms with Gasteiger partial charge < -0.3 is 43.2 Å². The van der Waals surface area contributed by atoms with Crippen LogP contribution in [-0.4, -0.2) is 119 Å². The minimum absolute atomic E-state index is 0.0389. The number of hydrogen-bond acceptors (Lipinski definition) is 15. The normalized spacial score (nSPS) is 21.9. The van der Waals surface area contributed by atoms with E-state index in [1.54, 1.807) is 43.8 Å². The van der Waals surface area contributed by atoms with Crippen molar-refractivity contribution >= 4 is 62.1 Å². The number of hydrogen-bond donors (Lipinski definition) is 1. The van der Waals surface area contributed by atoms with Crippen molar-refractivity contribution in [2.24, 2.45) is 5.92 Å². The standard InChI is InChI=1S/C46H46Cl2N6O9S/c1-25-36-26(2)40(48)41(39(25)47)63-35(21-54-15-13-53(3)14-16-54)61-29-9-10-31(60-22-28-11-12-49-43(52-28)30-7-5-6-8-32(30)57-4)27(19-29)20-33(46(55)56)62-44-38-37(36)42(34-23-58-17-18-59-34)64-45(38)51-24-50-44/h5-12,19,23-25,33,35,39H,13-18,20-22H2,1-4H3,(H,55,56)/t25?,33-,35-,39?/m1/s1. The highest BCUT2D eigenvalue weighted by molar-refractivity contribution is 7.20. The van der Waals surface area contributed by atoms with E-state index in [1.165, 1.54) is 17.7 Å². The van der Waals surface area contributed by atoms with Crippen molar-refractivity contribution < 1.29 is 43.1 Å². The number of fused-ring (bicyclic) bond motifs is 6. The van der Waals surface area contributed by atoms with E-state index in [0.717, 1.165) is 37.3 Å². The number of methoxy groups -OCH3 is 1. The van der Waals surface area contributed by atoms with Crippen LogP contribution in [0.3, 0.4) is 0 Å². The lowest BCUT2D eigenvalue weighted by molar-refractivity contribution is -0.145. The van der Waals surface area contributed by atoms with Crippen LogP contribution in [0.1, 0.15) is 35.5 Å². The number of halogens is 2. The summed E-state index contributed by atoms with van der Waals surface area (Å²) in [7, 11) is 3.69. The molecular weight excluding hydrogens is 884 g/mol. The molecule has 18 heteroatoms. The summed E-state index contributed by atoms with van der Waals surface area (Å²) >= 11 is 16.1. The Bertz CT molecular complexity index is 2670. The molecule has 0 spiro atoms. The van der Waals surface area contributed by atoms with Crippen molar-refractivity contribution in [3.8, 4) is 34.5 Å². The molecule has 5 aliphatic rings. The van der Waals surface area contributed by atoms with E-state index in [-0.39, 0.29) is 24.8 Å². The average Bonchev–Trinajstić information content (AvgIpc) is 3.70. The fraction of sp³-hybridized carbons (Fsp3) is 0.370. The van der Waals surface area contributed by atoms with Gasteiger partial charge in [-0.2, -0.15) is 0 Å². The molecule has 3 aromatic heterocycles. The van der Waals surface area contributed by atoms with Gasteiger partial charge in [0.1, 0.15) is 60.2 Å². The number of aromatic nitrogens is 4. The van der Waals surface area contributed by atoms with Crippen LogP contribution in [0.5, 0.6) is 23.1 Å². The number of aliphatic carboxylic acids is 1. The number of alkyl halides is 1. The topological polar surface area (TPSA) is 160 Å². The SMILES string of the molecule is COc1ccccc1-c1nccc(COc2ccc3cc2C[C@H](C(=O)O)Oc2ncnc4sc(C5=COCCO5)c(c24)C2=C(C)C(Cl)=C(O[C@H](CN4CCN(C)CC4)O3)C(Cl)C2C)n1. The van der Waals surface area contributed by atoms with Crippen molar-refractivity contribution in [1.82, 2.24) is 29.7 Å². The molecule has 334 valence electrons. The second-order valence-corrected chi connectivity index (χ2v) is 17.7. The van der Waals surface area contributed by atoms with Gasteiger partial charge in [0, 0.05) is 55.8 Å². The van der Waals surface area contributed by atoms with Crippen LogP contribution in [0.2, 0.25) is 0 Å². The van der Waals surface area contributed by atoms with Crippen LogP contribution in [0, 0.1) is 5.92 Å². The minimum Gasteiger partial charge on any atom is -0.496 e. The summed E-state index contributed by atoms with van der Waals surface area (Å²) in [5.41, 5.74) is 3.95. The molecule has 64 heavy (non-hydrogen) atoms. The molecule has 15 nitrogen and oxygen atoms in total. The lowest BCUT2D eigenvalue weighted by Gasteiger charge is -2.37. The first-order chi connectivity index (χ1) is 31.1. The molecule has 4 bridgehead atoms. The first kappa shape index (κ1) is 43.6. The fourth-order valence-corrected chi connectivity index (χ4v) is 9.96. The van der Waals surface area contributed by atoms with Gasteiger partial charge >= 0.3 is 5.97 Å². The molecule has 1 N–H and O–H groups in total. The molecule has 1 aliphatic carbocycles. The second kappa shape index (κ2) is 18.8. The molecule has 7 heterocycles. The lowest BCUT2D eigenvalue weighted by Crippen LogP contribution is -2.48. The molecule has 0 amide bonds. The highest BCUT2D eigenvalue weighted by Crippen LogP contribution is 2.52. The van der Waals surface area contributed by atoms with E-state index < -0.39 is 23.7 Å². The summed E-state index contributed by atoms with van der Waals surface area (Å²) in [6.45, 7) is 8.43. The van der Waals surface area contributed by atoms with E-state index >= 15 is 0 Å². The number of rotatable bonds is 9. The van der Waals surface area contributed by atoms with Gasteiger partial charge in [-0.3, -0.25) is 4.90 Å². The van der Waals surface area contributed by atoms with E-state index in [1.807, 2.05) is 38.1 Å². The fourth-order valence-electron chi connectivity index (χ4n) is 8.25. The Balaban J connectivity index is 1.16. The smallest absolute Gasteiger partial charge is 0.345 e. The number of likely N-dealkylation sites (N-methyl/N-ethyl adjacent to an activating group) is 1. The lowest BCUT2D eigenvalue weighted by atomic mass is 9.82. The van der Waals surface area contributed by atoms with Crippen LogP contribution >= 0.6 is 34.5 Å². The van der Waals surface area contributed by atoms with Crippen LogP contribution in [0.15, 0.2) is 83.7 Å². The average molecular weight is 930 g/mol. The van der Waals surface area contributed by atoms with Gasteiger partial charge in [0.2, 0.25) is 12.0 Å². The van der Waals surface area contributed by atoms with Gasteiger partial charge in [0.25, 0.3) is 6.29 Å². The number of para-hydroxylation sites is 1. The maximum atomic E-state index is 13.3. The zero-order valence-electron chi connectivity index (χ0n) is 35.6. The van der Waals surface area contributed by atoms with Gasteiger partial charge in [-0.15, -0.1) is 22.9 Å². The van der Waals surface area contributed by atoms with Crippen LogP contribution in [0.4, 0.5) is 0 Å². The number of carboxylic acid groups (broad SMARTS) is 1. The Hall–Kier alpha value is -5.65. The van der Waals surface area contributed by atoms with E-state index in [9.17, 15) is 9.90 Å². The number of ether oxygens (including phenoxy) is 7. The molecule has 0 radical (unpaired) electrons. The molecule has 0 saturated carbocycles. The van der Waals surface area contributed by atoms with Crippen molar-refractivity contribution in [2.45, 2.75) is 44.6 Å². The Labute approximate surface area is 383 Å². The minimum atomic E-state index is -1.45. The predicted molar refractivity (Wildman–Crippen MR) is 242 cm³/mol. The molecule has 1 fully saturated rings. The zero-order valence-corrected chi connectivity index (χ0v) is 37.9. The molecule has 4 aliphatic heterocycles. The van der Waals surface area contributed by atoms with Gasteiger partial charge in [-0.1, -0.05) is 30.7 Å². The molecule has 10 rings (SSSR count). The predicted octanol–water partition coefficient (Wildman–Crippen LogP) is 7.62. The summed E-state index contributed by atoms with van der Waals surface area (Å²) in [4.78, 5) is 37.5. The van der Waals surface area contributed by atoms with Crippen LogP contribution in [-0.2, 0) is 32.0 Å². The number of benzene rings is 2. The van der Waals surface area contributed by atoms with Crippen molar-refractivity contribution in [3.05, 3.63) is 105 Å². The third kappa shape index (κ3) is 8.89. The first-order valence-corrected chi connectivity index (χ1v) is 22.5. The van der Waals surface area contributed by atoms with Gasteiger partial charge in [0.05, 0.1) is 45.6 Å². The quantitative estimate of drug-likeness (QED) is 0.144. The largest absolute Gasteiger partial charge is 0.496 e. The zero-order chi connectivity index (χ0) is 44.5. The van der Waals surface area contributed by atoms with Gasteiger partial charge in [-0.25, -0.2) is 24.7 Å². The van der Waals surface area contributed by atoms with Crippen molar-refractivity contribution in [1.29, 1.82) is 0 Å². The number of allylic oxidation sites excluding steroid dienone is 4. The number of carboxylic acids is 1. The van der Waals surface area contributed by atoms with E-state index in [2.05, 4.69) is 31.8 Å². The summed E-state index contributed by atoms with van der Waals surface area (Å²) in [6, 6.07) is 14.5. The number of thiophene rings is 1. The summed E-state index contributed by atoms with van der Waals surface area (Å²) in [5, 5.41) is 10.9. The Morgan fingerprint density at radius 1 is 1.02 bits per heavy atom. The van der Waals surface area contributed by atoms with Crippen molar-refractivity contribution in [3.63, 3.8) is 0 Å². The van der Waals surface area contributed by atoms with Gasteiger partial charge in [-0.05, 0) is 61.5 Å². The first-order valence-electron chi connectivity index (χ1n) is 20.9. The maximum Gasteiger partial charge on any atom is 0.345 e. The maximum absolute atomic E-state index is 13.3. The van der Waals surface area contributed by atoms with E-state index in [0.29, 0.717) is 96.9 Å². The summed E-state index contributed by atoms with van der Waals surface area (Å²) in [5.74, 6) is 1.23. The second-order valence-electron chi connectivity index (χ2n) is 15.8. The molecule has 2 unspecified atom stereocenters. The van der Waals surface area contributed by atoms with Gasteiger partial charge in [0.15, 0.2) is 11.6 Å². The van der Waals surface area contributed by atoms with E-state index in [4.69, 9.17) is 61.3 Å². The van der Waals surface area contributed by atoms with Crippen LogP contribution < -0.4 is 18.9 Å². The molecule has 2 aromatic carbocycles. The van der Waals surface area contributed by atoms with Crippen molar-refractivity contribution in [2.75, 3.05) is 60.1 Å². The van der Waals surface area contributed by atoms with Crippen LogP contribution in [0.25, 0.3) is 32.9 Å². The summed E-state index contributed by atoms with van der Waals surface area (Å²) in [6.07, 6.45) is 2.13.